The van der Waals surface area contributed by atoms with Crippen molar-refractivity contribution >= 4 is 23.1 Å². The second-order valence-electron chi connectivity index (χ2n) is 5.43. The molecule has 140 valence electrons. The van der Waals surface area contributed by atoms with Gasteiger partial charge in [-0.2, -0.15) is 18.4 Å². The number of thioether (sulfide) groups is 1. The van der Waals surface area contributed by atoms with Gasteiger partial charge in [-0.1, -0.05) is 24.8 Å². The molecule has 3 heterocycles. The molecule has 0 atom stereocenters. The van der Waals surface area contributed by atoms with Gasteiger partial charge in [-0.15, -0.1) is 16.4 Å². The standard InChI is InChI=1S/C16H13F3N6S2/c1-2-5-25-14(22-23-24-25)9-27-15-10(8-20)11(16(17,18)19)7-12(21-15)13-4-3-6-26-13/h3-4,6-7H,2,5,9H2,1H3. The molecule has 0 aromatic carbocycles. The Morgan fingerprint density at radius 3 is 2.81 bits per heavy atom. The van der Waals surface area contributed by atoms with Gasteiger partial charge in [0.05, 0.1) is 27.5 Å². The topological polar surface area (TPSA) is 80.3 Å². The number of thiophene rings is 1. The van der Waals surface area contributed by atoms with Gasteiger partial charge in [0.1, 0.15) is 11.1 Å². The van der Waals surface area contributed by atoms with E-state index >= 15 is 0 Å². The number of halogens is 3. The first kappa shape index (κ1) is 19.3. The second-order valence-corrected chi connectivity index (χ2v) is 7.34. The maximum absolute atomic E-state index is 13.5. The highest BCUT2D eigenvalue weighted by atomic mass is 32.2. The molecular formula is C16H13F3N6S2. The van der Waals surface area contributed by atoms with E-state index in [9.17, 15) is 18.4 Å². The van der Waals surface area contributed by atoms with Crippen LogP contribution in [0, 0.1) is 11.3 Å². The summed E-state index contributed by atoms with van der Waals surface area (Å²) in [5.74, 6) is 0.725. The Labute approximate surface area is 161 Å². The Hall–Kier alpha value is -2.45. The average Bonchev–Trinajstić information content (AvgIpc) is 3.30. The van der Waals surface area contributed by atoms with E-state index in [2.05, 4.69) is 20.5 Å². The Morgan fingerprint density at radius 2 is 2.19 bits per heavy atom. The zero-order chi connectivity index (χ0) is 19.4. The van der Waals surface area contributed by atoms with E-state index < -0.39 is 17.3 Å². The fraction of sp³-hybridized carbons (Fsp3) is 0.312. The summed E-state index contributed by atoms with van der Waals surface area (Å²) in [6.45, 7) is 2.57. The highest BCUT2D eigenvalue weighted by Gasteiger charge is 2.36. The number of rotatable bonds is 6. The molecule has 0 amide bonds. The lowest BCUT2D eigenvalue weighted by Crippen LogP contribution is -2.11. The fourth-order valence-corrected chi connectivity index (χ4v) is 3.97. The Bertz CT molecular complexity index is 960. The number of alkyl halides is 3. The summed E-state index contributed by atoms with van der Waals surface area (Å²) in [6, 6.07) is 6.01. The third kappa shape index (κ3) is 4.28. The Balaban J connectivity index is 2.01. The van der Waals surface area contributed by atoms with E-state index in [1.807, 2.05) is 6.92 Å². The molecule has 0 aliphatic rings. The van der Waals surface area contributed by atoms with Crippen LogP contribution in [0.4, 0.5) is 13.2 Å². The van der Waals surface area contributed by atoms with Gasteiger partial charge in [0.25, 0.3) is 0 Å². The van der Waals surface area contributed by atoms with E-state index in [1.54, 1.807) is 28.3 Å². The van der Waals surface area contributed by atoms with Gasteiger partial charge in [0.2, 0.25) is 0 Å². The minimum absolute atomic E-state index is 0.0155. The molecule has 27 heavy (non-hydrogen) atoms. The van der Waals surface area contributed by atoms with Gasteiger partial charge < -0.3 is 0 Å². The first-order chi connectivity index (χ1) is 12.9. The lowest BCUT2D eigenvalue weighted by molar-refractivity contribution is -0.138. The minimum atomic E-state index is -4.65. The quantitative estimate of drug-likeness (QED) is 0.561. The number of aromatic nitrogens is 5. The number of nitriles is 1. The lowest BCUT2D eigenvalue weighted by atomic mass is 10.1. The van der Waals surface area contributed by atoms with E-state index in [-0.39, 0.29) is 16.5 Å². The lowest BCUT2D eigenvalue weighted by Gasteiger charge is -2.13. The SMILES string of the molecule is CCCn1nnnc1CSc1nc(-c2cccs2)cc(C(F)(F)F)c1C#N. The van der Waals surface area contributed by atoms with E-state index in [1.165, 1.54) is 11.3 Å². The zero-order valence-corrected chi connectivity index (χ0v) is 15.7. The molecule has 0 spiro atoms. The molecule has 0 unspecified atom stereocenters. The van der Waals surface area contributed by atoms with Gasteiger partial charge in [-0.3, -0.25) is 0 Å². The Kier molecular flexibility index (Phi) is 5.76. The molecule has 0 fully saturated rings. The van der Waals surface area contributed by atoms with Crippen molar-refractivity contribution in [3.8, 4) is 16.6 Å². The van der Waals surface area contributed by atoms with Crippen LogP contribution >= 0.6 is 23.1 Å². The number of aryl methyl sites for hydroxylation is 1. The molecule has 0 saturated carbocycles. The molecule has 6 nitrogen and oxygen atoms in total. The van der Waals surface area contributed by atoms with Gasteiger partial charge in [0, 0.05) is 6.54 Å². The summed E-state index contributed by atoms with van der Waals surface area (Å²) in [5, 5.41) is 22.5. The molecule has 3 rings (SSSR count). The van der Waals surface area contributed by atoms with Crippen molar-refractivity contribution in [2.24, 2.45) is 0 Å². The van der Waals surface area contributed by atoms with Crippen molar-refractivity contribution in [2.45, 2.75) is 36.8 Å². The highest BCUT2D eigenvalue weighted by molar-refractivity contribution is 7.98. The van der Waals surface area contributed by atoms with Crippen molar-refractivity contribution < 1.29 is 13.2 Å². The van der Waals surface area contributed by atoms with Gasteiger partial charge in [0.15, 0.2) is 5.82 Å². The van der Waals surface area contributed by atoms with E-state index in [0.717, 1.165) is 24.2 Å². The minimum Gasteiger partial charge on any atom is -0.239 e. The highest BCUT2D eigenvalue weighted by Crippen LogP contribution is 2.39. The largest absolute Gasteiger partial charge is 0.417 e. The molecule has 0 N–H and O–H groups in total. The van der Waals surface area contributed by atoms with Crippen molar-refractivity contribution in [3.05, 3.63) is 40.5 Å². The normalized spacial score (nSPS) is 11.5. The first-order valence-corrected chi connectivity index (χ1v) is 9.74. The number of nitrogens with zero attached hydrogens (tertiary/aromatic N) is 6. The van der Waals surface area contributed by atoms with Crippen LogP contribution in [-0.4, -0.2) is 25.2 Å². The van der Waals surface area contributed by atoms with Crippen LogP contribution in [0.1, 0.15) is 30.3 Å². The van der Waals surface area contributed by atoms with Crippen molar-refractivity contribution in [1.29, 1.82) is 5.26 Å². The molecule has 0 bridgehead atoms. The van der Waals surface area contributed by atoms with Crippen LogP contribution in [0.2, 0.25) is 0 Å². The maximum atomic E-state index is 13.5. The van der Waals surface area contributed by atoms with Crippen LogP contribution in [-0.2, 0) is 18.5 Å². The first-order valence-electron chi connectivity index (χ1n) is 7.88. The summed E-state index contributed by atoms with van der Waals surface area (Å²) in [6.07, 6.45) is -3.84. The number of pyridine rings is 1. The summed E-state index contributed by atoms with van der Waals surface area (Å²) in [4.78, 5) is 4.91. The predicted octanol–water partition coefficient (Wildman–Crippen LogP) is 4.39. The molecule has 0 radical (unpaired) electrons. The Morgan fingerprint density at radius 1 is 1.37 bits per heavy atom. The van der Waals surface area contributed by atoms with E-state index in [0.29, 0.717) is 17.2 Å². The third-order valence-corrected chi connectivity index (χ3v) is 5.42. The second kappa shape index (κ2) is 8.06. The third-order valence-electron chi connectivity index (χ3n) is 3.56. The predicted molar refractivity (Wildman–Crippen MR) is 94.9 cm³/mol. The average molecular weight is 410 g/mol. The van der Waals surface area contributed by atoms with Crippen LogP contribution < -0.4 is 0 Å². The van der Waals surface area contributed by atoms with Crippen LogP contribution in [0.3, 0.4) is 0 Å². The fourth-order valence-electron chi connectivity index (χ4n) is 2.35. The van der Waals surface area contributed by atoms with Crippen molar-refractivity contribution in [1.82, 2.24) is 25.2 Å². The summed E-state index contributed by atoms with van der Waals surface area (Å²) in [7, 11) is 0. The summed E-state index contributed by atoms with van der Waals surface area (Å²) < 4.78 is 42.1. The van der Waals surface area contributed by atoms with Gasteiger partial charge in [-0.25, -0.2) is 9.67 Å². The molecule has 3 aromatic rings. The molecule has 11 heteroatoms. The molecule has 0 saturated heterocycles. The summed E-state index contributed by atoms with van der Waals surface area (Å²) >= 11 is 2.30. The van der Waals surface area contributed by atoms with Gasteiger partial charge >= 0.3 is 6.18 Å². The van der Waals surface area contributed by atoms with Crippen molar-refractivity contribution in [2.75, 3.05) is 0 Å². The zero-order valence-electron chi connectivity index (χ0n) is 14.1. The van der Waals surface area contributed by atoms with Gasteiger partial charge in [-0.05, 0) is 34.4 Å². The van der Waals surface area contributed by atoms with Crippen LogP contribution in [0.15, 0.2) is 28.6 Å². The number of hydrogen-bond acceptors (Lipinski definition) is 7. The molecule has 0 aliphatic heterocycles. The summed E-state index contributed by atoms with van der Waals surface area (Å²) in [5.41, 5.74) is -1.28. The smallest absolute Gasteiger partial charge is 0.239 e. The van der Waals surface area contributed by atoms with E-state index in [4.69, 9.17) is 0 Å². The monoisotopic (exact) mass is 410 g/mol. The van der Waals surface area contributed by atoms with Crippen molar-refractivity contribution in [3.63, 3.8) is 0 Å². The number of hydrogen-bond donors (Lipinski definition) is 0. The molecular weight excluding hydrogens is 397 g/mol. The maximum Gasteiger partial charge on any atom is 0.417 e. The number of tetrazole rings is 1. The van der Waals surface area contributed by atoms with Crippen LogP contribution in [0.25, 0.3) is 10.6 Å². The van der Waals surface area contributed by atoms with Crippen LogP contribution in [0.5, 0.6) is 0 Å². The molecule has 3 aromatic heterocycles. The molecule has 0 aliphatic carbocycles.